The Hall–Kier alpha value is -1.42. The minimum absolute atomic E-state index is 0.0564. The molecule has 2 aliphatic carbocycles. The van der Waals surface area contributed by atoms with Gasteiger partial charge in [-0.1, -0.05) is 6.07 Å². The van der Waals surface area contributed by atoms with E-state index in [1.165, 1.54) is 12.0 Å². The molecule has 1 aromatic rings. The van der Waals surface area contributed by atoms with Crippen LogP contribution in [0.1, 0.15) is 36.9 Å². The maximum atomic E-state index is 11.9. The summed E-state index contributed by atoms with van der Waals surface area (Å²) in [5, 5.41) is 6.14. The van der Waals surface area contributed by atoms with Crippen LogP contribution < -0.4 is 10.6 Å². The number of carbonyl (C=O) groups is 1. The largest absolute Gasteiger partial charge is 0.314 e. The minimum atomic E-state index is 0.0564. The first-order valence-corrected chi connectivity index (χ1v) is 6.68. The second kappa shape index (κ2) is 4.35. The molecule has 18 heavy (non-hydrogen) atoms. The van der Waals surface area contributed by atoms with Gasteiger partial charge < -0.3 is 10.6 Å². The summed E-state index contributed by atoms with van der Waals surface area (Å²) < 4.78 is 0. The zero-order valence-corrected chi connectivity index (χ0v) is 10.8. The Morgan fingerprint density at radius 2 is 2.22 bits per heavy atom. The van der Waals surface area contributed by atoms with Crippen LogP contribution in [0.2, 0.25) is 0 Å². The Labute approximate surface area is 107 Å². The smallest absolute Gasteiger partial charge is 0.227 e. The Morgan fingerprint density at radius 1 is 1.39 bits per heavy atom. The number of anilines is 1. The van der Waals surface area contributed by atoms with Gasteiger partial charge in [-0.2, -0.15) is 0 Å². The Bertz CT molecular complexity index is 480. The van der Waals surface area contributed by atoms with Gasteiger partial charge >= 0.3 is 0 Å². The van der Waals surface area contributed by atoms with Gasteiger partial charge in [-0.05, 0) is 50.8 Å². The molecule has 3 rings (SSSR count). The van der Waals surface area contributed by atoms with Gasteiger partial charge in [0.1, 0.15) is 5.82 Å². The average molecular weight is 245 g/mol. The predicted octanol–water partition coefficient (Wildman–Crippen LogP) is 1.65. The summed E-state index contributed by atoms with van der Waals surface area (Å²) in [7, 11) is 1.92. The molecule has 2 N–H and O–H groups in total. The van der Waals surface area contributed by atoms with Crippen molar-refractivity contribution in [2.24, 2.45) is 0 Å². The lowest BCUT2D eigenvalue weighted by molar-refractivity contribution is -0.116. The average Bonchev–Trinajstić information content (AvgIpc) is 2.97. The number of hydrogen-bond donors (Lipinski definition) is 2. The number of carbonyl (C=O) groups excluding carboxylic acids is 1. The van der Waals surface area contributed by atoms with E-state index < -0.39 is 0 Å². The van der Waals surface area contributed by atoms with Gasteiger partial charge in [0.05, 0.1) is 0 Å². The molecule has 1 saturated carbocycles. The van der Waals surface area contributed by atoms with Crippen LogP contribution >= 0.6 is 0 Å². The maximum absolute atomic E-state index is 11.9. The summed E-state index contributed by atoms with van der Waals surface area (Å²) in [6.07, 6.45) is 6.08. The predicted molar refractivity (Wildman–Crippen MR) is 70.5 cm³/mol. The molecule has 1 fully saturated rings. The Balaban J connectivity index is 1.64. The molecule has 0 unspecified atom stereocenters. The van der Waals surface area contributed by atoms with E-state index in [0.717, 1.165) is 31.4 Å². The third-order valence-corrected chi connectivity index (χ3v) is 4.08. The van der Waals surface area contributed by atoms with Gasteiger partial charge in [0.2, 0.25) is 5.91 Å². The number of amides is 1. The molecule has 4 heteroatoms. The molecule has 1 heterocycles. The summed E-state index contributed by atoms with van der Waals surface area (Å²) in [4.78, 5) is 16.5. The van der Waals surface area contributed by atoms with Gasteiger partial charge in [0.15, 0.2) is 0 Å². The fraction of sp³-hybridized carbons (Fsp3) is 0.571. The molecule has 0 spiro atoms. The van der Waals surface area contributed by atoms with Gasteiger partial charge in [0, 0.05) is 17.7 Å². The van der Waals surface area contributed by atoms with Crippen LogP contribution in [0.3, 0.4) is 0 Å². The van der Waals surface area contributed by atoms with Crippen molar-refractivity contribution < 1.29 is 4.79 Å². The summed E-state index contributed by atoms with van der Waals surface area (Å²) >= 11 is 0. The highest BCUT2D eigenvalue weighted by Crippen LogP contribution is 2.38. The molecule has 1 amide bonds. The second-order valence-electron chi connectivity index (χ2n) is 5.41. The first-order valence-electron chi connectivity index (χ1n) is 6.68. The summed E-state index contributed by atoms with van der Waals surface area (Å²) in [5.74, 6) is 0.764. The third-order valence-electron chi connectivity index (χ3n) is 4.08. The van der Waals surface area contributed by atoms with Gasteiger partial charge in [0.25, 0.3) is 0 Å². The third kappa shape index (κ3) is 2.25. The molecule has 4 nitrogen and oxygen atoms in total. The SMILES string of the molecule is CNC1(CC(=O)Nc2ccc3c(n2)CCC3)CC1. The lowest BCUT2D eigenvalue weighted by Gasteiger charge is -2.13. The number of nitrogens with one attached hydrogen (secondary N) is 2. The van der Waals surface area contributed by atoms with E-state index in [0.29, 0.717) is 12.2 Å². The number of aromatic nitrogens is 1. The maximum Gasteiger partial charge on any atom is 0.227 e. The van der Waals surface area contributed by atoms with Crippen LogP contribution in [0.25, 0.3) is 0 Å². The summed E-state index contributed by atoms with van der Waals surface area (Å²) in [6, 6.07) is 4.01. The highest BCUT2D eigenvalue weighted by molar-refractivity contribution is 5.90. The monoisotopic (exact) mass is 245 g/mol. The molecular weight excluding hydrogens is 226 g/mol. The molecule has 1 aromatic heterocycles. The second-order valence-corrected chi connectivity index (χ2v) is 5.41. The van der Waals surface area contributed by atoms with E-state index in [9.17, 15) is 4.79 Å². The zero-order valence-electron chi connectivity index (χ0n) is 10.8. The Morgan fingerprint density at radius 3 is 2.94 bits per heavy atom. The van der Waals surface area contributed by atoms with E-state index in [1.807, 2.05) is 13.1 Å². The van der Waals surface area contributed by atoms with Crippen LogP contribution in [0.5, 0.6) is 0 Å². The highest BCUT2D eigenvalue weighted by Gasteiger charge is 2.42. The first kappa shape index (κ1) is 11.7. The van der Waals surface area contributed by atoms with Crippen LogP contribution in [0, 0.1) is 0 Å². The van der Waals surface area contributed by atoms with E-state index in [4.69, 9.17) is 0 Å². The zero-order chi connectivity index (χ0) is 12.6. The van der Waals surface area contributed by atoms with Crippen molar-refractivity contribution in [3.63, 3.8) is 0 Å². The molecule has 96 valence electrons. The fourth-order valence-electron chi connectivity index (χ4n) is 2.65. The quantitative estimate of drug-likeness (QED) is 0.848. The van der Waals surface area contributed by atoms with Crippen LogP contribution in [-0.4, -0.2) is 23.5 Å². The molecule has 0 atom stereocenters. The lowest BCUT2D eigenvalue weighted by atomic mass is 10.1. The van der Waals surface area contributed by atoms with Gasteiger partial charge in [-0.15, -0.1) is 0 Å². The van der Waals surface area contributed by atoms with Crippen molar-refractivity contribution in [1.29, 1.82) is 0 Å². The minimum Gasteiger partial charge on any atom is -0.314 e. The molecule has 2 aliphatic rings. The molecule has 0 bridgehead atoms. The fourth-order valence-corrected chi connectivity index (χ4v) is 2.65. The summed E-state index contributed by atoms with van der Waals surface area (Å²) in [5.41, 5.74) is 2.55. The van der Waals surface area contributed by atoms with Crippen molar-refractivity contribution in [2.75, 3.05) is 12.4 Å². The number of aryl methyl sites for hydroxylation is 2. The highest BCUT2D eigenvalue weighted by atomic mass is 16.1. The van der Waals surface area contributed by atoms with Gasteiger partial charge in [-0.3, -0.25) is 4.79 Å². The van der Waals surface area contributed by atoms with Crippen molar-refractivity contribution in [1.82, 2.24) is 10.3 Å². The molecule has 0 aliphatic heterocycles. The summed E-state index contributed by atoms with van der Waals surface area (Å²) in [6.45, 7) is 0. The molecule has 0 saturated heterocycles. The normalized spacial score (nSPS) is 19.4. The van der Waals surface area contributed by atoms with E-state index in [1.54, 1.807) is 0 Å². The van der Waals surface area contributed by atoms with E-state index in [-0.39, 0.29) is 11.4 Å². The van der Waals surface area contributed by atoms with Crippen molar-refractivity contribution in [3.8, 4) is 0 Å². The van der Waals surface area contributed by atoms with Crippen molar-refractivity contribution in [3.05, 3.63) is 23.4 Å². The van der Waals surface area contributed by atoms with Crippen molar-refractivity contribution in [2.45, 2.75) is 44.1 Å². The molecule has 0 radical (unpaired) electrons. The van der Waals surface area contributed by atoms with Gasteiger partial charge in [-0.25, -0.2) is 4.98 Å². The lowest BCUT2D eigenvalue weighted by Crippen LogP contribution is -2.32. The number of nitrogens with zero attached hydrogens (tertiary/aromatic N) is 1. The first-order chi connectivity index (χ1) is 8.71. The van der Waals surface area contributed by atoms with Crippen LogP contribution in [0.15, 0.2) is 12.1 Å². The number of fused-ring (bicyclic) bond motifs is 1. The van der Waals surface area contributed by atoms with Crippen LogP contribution in [0.4, 0.5) is 5.82 Å². The number of rotatable bonds is 4. The molecule has 0 aromatic carbocycles. The molecular formula is C14H19N3O. The van der Waals surface area contributed by atoms with E-state index in [2.05, 4.69) is 21.7 Å². The Kier molecular flexibility index (Phi) is 2.82. The standard InChI is InChI=1S/C14H19N3O/c1-15-14(7-8-14)9-13(18)17-12-6-5-10-3-2-4-11(10)16-12/h5-6,15H,2-4,7-9H2,1H3,(H,16,17,18). The number of hydrogen-bond acceptors (Lipinski definition) is 3. The topological polar surface area (TPSA) is 54.0 Å². The van der Waals surface area contributed by atoms with Crippen molar-refractivity contribution >= 4 is 11.7 Å². The number of pyridine rings is 1. The van der Waals surface area contributed by atoms with E-state index >= 15 is 0 Å². The van der Waals surface area contributed by atoms with Crippen LogP contribution in [-0.2, 0) is 17.6 Å².